The zero-order chi connectivity index (χ0) is 23.8. The quantitative estimate of drug-likeness (QED) is 0.440. The van der Waals surface area contributed by atoms with Crippen LogP contribution in [0.1, 0.15) is 30.9 Å². The summed E-state index contributed by atoms with van der Waals surface area (Å²) in [6, 6.07) is 18.4. The number of carbonyl (C=O) groups is 2. The second-order valence-corrected chi connectivity index (χ2v) is 9.30. The average molecular weight is 478 g/mol. The Kier molecular flexibility index (Phi) is 8.36. The van der Waals surface area contributed by atoms with Gasteiger partial charge in [-0.25, -0.2) is 0 Å². The molecule has 1 aromatic heterocycles. The van der Waals surface area contributed by atoms with Crippen LogP contribution in [0.5, 0.6) is 0 Å². The van der Waals surface area contributed by atoms with Crippen molar-refractivity contribution in [1.29, 1.82) is 0 Å². The predicted octanol–water partition coefficient (Wildman–Crippen LogP) is 3.62. The maximum atomic E-state index is 12.8. The van der Waals surface area contributed by atoms with Gasteiger partial charge in [-0.1, -0.05) is 67.2 Å². The van der Waals surface area contributed by atoms with E-state index in [9.17, 15) is 9.59 Å². The minimum Gasteiger partial charge on any atom is -0.339 e. The number of hydrogen-bond acceptors (Lipinski definition) is 5. The molecule has 1 aliphatic rings. The molecule has 1 fully saturated rings. The molecule has 8 heteroatoms. The Morgan fingerprint density at radius 1 is 0.912 bits per heavy atom. The van der Waals surface area contributed by atoms with Crippen LogP contribution in [0.4, 0.5) is 0 Å². The number of aryl methyl sites for hydroxylation is 2. The van der Waals surface area contributed by atoms with Crippen LogP contribution in [0.2, 0.25) is 0 Å². The molecular formula is C26H31N5O2S. The Balaban J connectivity index is 1.22. The number of amides is 2. The molecule has 1 aliphatic heterocycles. The molecule has 2 heterocycles. The maximum absolute atomic E-state index is 12.8. The third-order valence-corrected chi connectivity index (χ3v) is 7.09. The predicted molar refractivity (Wildman–Crippen MR) is 134 cm³/mol. The molecule has 0 radical (unpaired) electrons. The van der Waals surface area contributed by atoms with Gasteiger partial charge >= 0.3 is 0 Å². The standard InChI is InChI=1S/C26H31N5O2S/c1-2-22-12-6-7-13-23(22)31-20-27-28-26(31)34-19-25(33)30-17-15-29(16-18-30)24(32)14-8-11-21-9-4-3-5-10-21/h3-7,9-10,12-13,20H,2,8,11,14-19H2,1H3. The first-order valence-corrected chi connectivity index (χ1v) is 12.8. The Labute approximate surface area is 205 Å². The summed E-state index contributed by atoms with van der Waals surface area (Å²) in [5, 5.41) is 8.99. The molecule has 0 saturated carbocycles. The fourth-order valence-corrected chi connectivity index (χ4v) is 5.03. The van der Waals surface area contributed by atoms with Crippen LogP contribution >= 0.6 is 11.8 Å². The van der Waals surface area contributed by atoms with E-state index in [1.807, 2.05) is 50.8 Å². The lowest BCUT2D eigenvalue weighted by atomic mass is 10.1. The van der Waals surface area contributed by atoms with Gasteiger partial charge in [0.25, 0.3) is 0 Å². The van der Waals surface area contributed by atoms with Crippen LogP contribution in [0.15, 0.2) is 66.1 Å². The summed E-state index contributed by atoms with van der Waals surface area (Å²) in [4.78, 5) is 29.1. The summed E-state index contributed by atoms with van der Waals surface area (Å²) in [5.74, 6) is 0.553. The molecule has 178 valence electrons. The summed E-state index contributed by atoms with van der Waals surface area (Å²) in [5.41, 5.74) is 3.52. The summed E-state index contributed by atoms with van der Waals surface area (Å²) < 4.78 is 1.95. The Morgan fingerprint density at radius 3 is 2.32 bits per heavy atom. The van der Waals surface area contributed by atoms with E-state index in [0.29, 0.717) is 43.5 Å². The van der Waals surface area contributed by atoms with Crippen molar-refractivity contribution in [3.63, 3.8) is 0 Å². The summed E-state index contributed by atoms with van der Waals surface area (Å²) in [7, 11) is 0. The molecular weight excluding hydrogens is 446 g/mol. The van der Waals surface area contributed by atoms with Crippen molar-refractivity contribution in [2.75, 3.05) is 31.9 Å². The van der Waals surface area contributed by atoms with Gasteiger partial charge in [0.05, 0.1) is 11.4 Å². The lowest BCUT2D eigenvalue weighted by Crippen LogP contribution is -2.51. The molecule has 0 bridgehead atoms. The Bertz CT molecular complexity index is 1090. The molecule has 34 heavy (non-hydrogen) atoms. The second kappa shape index (κ2) is 11.8. The highest BCUT2D eigenvalue weighted by atomic mass is 32.2. The number of thioether (sulfide) groups is 1. The van der Waals surface area contributed by atoms with Gasteiger partial charge in [0.1, 0.15) is 6.33 Å². The van der Waals surface area contributed by atoms with E-state index in [-0.39, 0.29) is 11.8 Å². The lowest BCUT2D eigenvalue weighted by molar-refractivity contribution is -0.138. The van der Waals surface area contributed by atoms with Gasteiger partial charge in [-0.05, 0) is 36.5 Å². The number of benzene rings is 2. The number of carbonyl (C=O) groups excluding carboxylic acids is 2. The van der Waals surface area contributed by atoms with Crippen LogP contribution in [-0.4, -0.2) is 68.3 Å². The van der Waals surface area contributed by atoms with Crippen LogP contribution < -0.4 is 0 Å². The van der Waals surface area contributed by atoms with E-state index in [4.69, 9.17) is 0 Å². The van der Waals surface area contributed by atoms with Crippen molar-refractivity contribution in [1.82, 2.24) is 24.6 Å². The molecule has 0 aliphatic carbocycles. The molecule has 4 rings (SSSR count). The van der Waals surface area contributed by atoms with Crippen molar-refractivity contribution in [2.45, 2.75) is 37.8 Å². The number of rotatable bonds is 9. The van der Waals surface area contributed by atoms with Crippen LogP contribution in [0.3, 0.4) is 0 Å². The third kappa shape index (κ3) is 6.05. The van der Waals surface area contributed by atoms with E-state index >= 15 is 0 Å². The highest BCUT2D eigenvalue weighted by Crippen LogP contribution is 2.23. The van der Waals surface area contributed by atoms with Gasteiger partial charge < -0.3 is 9.80 Å². The minimum atomic E-state index is 0.0690. The maximum Gasteiger partial charge on any atom is 0.233 e. The van der Waals surface area contributed by atoms with E-state index in [1.165, 1.54) is 22.9 Å². The van der Waals surface area contributed by atoms with E-state index < -0.39 is 0 Å². The smallest absolute Gasteiger partial charge is 0.233 e. The zero-order valence-electron chi connectivity index (χ0n) is 19.6. The first kappa shape index (κ1) is 24.0. The van der Waals surface area contributed by atoms with Crippen LogP contribution in [-0.2, 0) is 22.4 Å². The Hall–Kier alpha value is -3.13. The van der Waals surface area contributed by atoms with Crippen molar-refractivity contribution in [2.24, 2.45) is 0 Å². The van der Waals surface area contributed by atoms with Crippen molar-refractivity contribution in [3.8, 4) is 5.69 Å². The first-order chi connectivity index (χ1) is 16.7. The number of piperazine rings is 1. The normalized spacial score (nSPS) is 13.8. The molecule has 1 saturated heterocycles. The van der Waals surface area contributed by atoms with Crippen molar-refractivity contribution >= 4 is 23.6 Å². The molecule has 0 N–H and O–H groups in total. The van der Waals surface area contributed by atoms with Gasteiger partial charge in [0.15, 0.2) is 5.16 Å². The lowest BCUT2D eigenvalue weighted by Gasteiger charge is -2.34. The second-order valence-electron chi connectivity index (χ2n) is 8.36. The molecule has 3 aromatic rings. The highest BCUT2D eigenvalue weighted by molar-refractivity contribution is 7.99. The number of aromatic nitrogens is 3. The van der Waals surface area contributed by atoms with Gasteiger partial charge in [0.2, 0.25) is 11.8 Å². The molecule has 0 unspecified atom stereocenters. The zero-order valence-corrected chi connectivity index (χ0v) is 20.4. The van der Waals surface area contributed by atoms with Gasteiger partial charge in [0, 0.05) is 32.6 Å². The van der Waals surface area contributed by atoms with E-state index in [0.717, 1.165) is 24.9 Å². The highest BCUT2D eigenvalue weighted by Gasteiger charge is 2.24. The minimum absolute atomic E-state index is 0.0690. The molecule has 2 amide bonds. The van der Waals surface area contributed by atoms with Crippen molar-refractivity contribution in [3.05, 3.63) is 72.1 Å². The summed E-state index contributed by atoms with van der Waals surface area (Å²) in [6.45, 7) is 4.47. The SMILES string of the molecule is CCc1ccccc1-n1cnnc1SCC(=O)N1CCN(C(=O)CCCc2ccccc2)CC1. The molecule has 2 aromatic carbocycles. The van der Waals surface area contributed by atoms with Gasteiger partial charge in [-0.3, -0.25) is 14.2 Å². The number of hydrogen-bond donors (Lipinski definition) is 0. The van der Waals surface area contributed by atoms with Gasteiger partial charge in [-0.15, -0.1) is 10.2 Å². The third-order valence-electron chi connectivity index (χ3n) is 6.16. The first-order valence-electron chi connectivity index (χ1n) is 11.9. The average Bonchev–Trinajstić information content (AvgIpc) is 3.36. The fraction of sp³-hybridized carbons (Fsp3) is 0.385. The van der Waals surface area contributed by atoms with Crippen LogP contribution in [0.25, 0.3) is 5.69 Å². The summed E-state index contributed by atoms with van der Waals surface area (Å²) >= 11 is 1.40. The molecule has 7 nitrogen and oxygen atoms in total. The number of para-hydroxylation sites is 1. The van der Waals surface area contributed by atoms with Gasteiger partial charge in [-0.2, -0.15) is 0 Å². The summed E-state index contributed by atoms with van der Waals surface area (Å²) in [6.07, 6.45) is 4.92. The van der Waals surface area contributed by atoms with Crippen molar-refractivity contribution < 1.29 is 9.59 Å². The molecule has 0 atom stereocenters. The Morgan fingerprint density at radius 2 is 1.59 bits per heavy atom. The topological polar surface area (TPSA) is 71.3 Å². The van der Waals surface area contributed by atoms with Crippen LogP contribution in [0, 0.1) is 0 Å². The monoisotopic (exact) mass is 477 g/mol. The largest absolute Gasteiger partial charge is 0.339 e. The molecule has 0 spiro atoms. The van der Waals surface area contributed by atoms with E-state index in [1.54, 1.807) is 6.33 Å². The number of nitrogens with zero attached hydrogens (tertiary/aromatic N) is 5. The van der Waals surface area contributed by atoms with E-state index in [2.05, 4.69) is 35.3 Å². The fourth-order valence-electron chi connectivity index (χ4n) is 4.20.